The predicted octanol–water partition coefficient (Wildman–Crippen LogP) is 8.00. The summed E-state index contributed by atoms with van der Waals surface area (Å²) in [5, 5.41) is 0. The summed E-state index contributed by atoms with van der Waals surface area (Å²) in [7, 11) is 0. The van der Waals surface area contributed by atoms with Crippen LogP contribution >= 0.6 is 0 Å². The first-order valence-corrected chi connectivity index (χ1v) is 10.2. The Hall–Kier alpha value is -3.90. The van der Waals surface area contributed by atoms with Crippen LogP contribution in [0.25, 0.3) is 23.8 Å². The molecule has 0 unspecified atom stereocenters. The van der Waals surface area contributed by atoms with Gasteiger partial charge in [0.25, 0.3) is 0 Å². The van der Waals surface area contributed by atoms with Crippen molar-refractivity contribution >= 4 is 23.8 Å². The maximum Gasteiger partial charge on any atom is -0.0105 e. The molecule has 0 bridgehead atoms. The van der Waals surface area contributed by atoms with Crippen LogP contribution in [0.2, 0.25) is 0 Å². The zero-order valence-corrected chi connectivity index (χ0v) is 16.9. The lowest BCUT2D eigenvalue weighted by molar-refractivity contribution is 1.52. The molecule has 0 heterocycles. The second kappa shape index (κ2) is 10.0. The summed E-state index contributed by atoms with van der Waals surface area (Å²) < 4.78 is 0. The fraction of sp³-hybridized carbons (Fsp3) is 0. The Labute approximate surface area is 179 Å². The van der Waals surface area contributed by atoms with Crippen molar-refractivity contribution in [2.75, 3.05) is 0 Å². The summed E-state index contributed by atoms with van der Waals surface area (Å²) in [6.45, 7) is 0. The van der Waals surface area contributed by atoms with Gasteiger partial charge in [-0.1, -0.05) is 146 Å². The molecular weight excluding hydrogens is 360 g/mol. The Bertz CT molecular complexity index is 1150. The molecule has 0 heteroatoms. The summed E-state index contributed by atoms with van der Waals surface area (Å²) in [6, 6.07) is 39.9. The molecule has 30 heavy (non-hydrogen) atoms. The van der Waals surface area contributed by atoms with E-state index in [0.717, 1.165) is 0 Å². The lowest BCUT2D eigenvalue weighted by Crippen LogP contribution is -1.91. The minimum absolute atomic E-state index is 1.19. The van der Waals surface area contributed by atoms with E-state index in [9.17, 15) is 0 Å². The van der Waals surface area contributed by atoms with E-state index in [0.29, 0.717) is 0 Å². The summed E-state index contributed by atoms with van der Waals surface area (Å²) >= 11 is 0. The summed E-state index contributed by atoms with van der Waals surface area (Å²) in [5.41, 5.74) is 7.21. The van der Waals surface area contributed by atoms with Crippen molar-refractivity contribution in [3.05, 3.63) is 155 Å². The normalized spacial score (nSPS) is 11.9. The van der Waals surface area contributed by atoms with E-state index >= 15 is 0 Å². The van der Waals surface area contributed by atoms with Crippen LogP contribution in [-0.4, -0.2) is 0 Å². The summed E-state index contributed by atoms with van der Waals surface area (Å²) in [4.78, 5) is 0. The highest BCUT2D eigenvalue weighted by Crippen LogP contribution is 2.28. The first-order valence-electron chi connectivity index (χ1n) is 10.2. The molecule has 4 aromatic rings. The molecular formula is C30H24. The largest absolute Gasteiger partial charge is 0.0622 e. The first kappa shape index (κ1) is 19.4. The minimum Gasteiger partial charge on any atom is -0.0622 e. The molecule has 0 aromatic heterocycles. The van der Waals surface area contributed by atoms with Gasteiger partial charge in [-0.05, 0) is 33.4 Å². The molecule has 0 aliphatic carbocycles. The van der Waals surface area contributed by atoms with E-state index in [-0.39, 0.29) is 0 Å². The molecule has 0 aliphatic rings. The Morgan fingerprint density at radius 2 is 1.00 bits per heavy atom. The number of hydrogen-bond acceptors (Lipinski definition) is 0. The van der Waals surface area contributed by atoms with Gasteiger partial charge in [-0.2, -0.15) is 0 Å². The van der Waals surface area contributed by atoms with Gasteiger partial charge in [-0.15, -0.1) is 0 Å². The van der Waals surface area contributed by atoms with E-state index in [1.807, 2.05) is 12.1 Å². The maximum atomic E-state index is 2.21. The molecule has 0 N–H and O–H groups in total. The average molecular weight is 385 g/mol. The van der Waals surface area contributed by atoms with E-state index in [1.165, 1.54) is 33.4 Å². The van der Waals surface area contributed by atoms with Crippen molar-refractivity contribution in [2.24, 2.45) is 0 Å². The van der Waals surface area contributed by atoms with Gasteiger partial charge in [0.2, 0.25) is 0 Å². The van der Waals surface area contributed by atoms with Crippen molar-refractivity contribution in [2.45, 2.75) is 0 Å². The van der Waals surface area contributed by atoms with E-state index in [2.05, 4.69) is 134 Å². The Morgan fingerprint density at radius 1 is 0.467 bits per heavy atom. The van der Waals surface area contributed by atoms with E-state index < -0.39 is 0 Å². The quantitative estimate of drug-likeness (QED) is 0.233. The highest BCUT2D eigenvalue weighted by atomic mass is 14.1. The monoisotopic (exact) mass is 384 g/mol. The molecule has 0 saturated heterocycles. The molecule has 0 aliphatic heterocycles. The van der Waals surface area contributed by atoms with Crippen LogP contribution in [0.1, 0.15) is 27.8 Å². The highest BCUT2D eigenvalue weighted by Gasteiger charge is 2.07. The standard InChI is InChI=1S/C30H24/c1-4-13-25(14-5-1)17-12-22-30(27-18-8-3-9-19-27)29-21-11-10-20-28(29)24-23-26-15-6-2-7-16-26/h1-24H. The molecule has 4 rings (SSSR count). The van der Waals surface area contributed by atoms with E-state index in [4.69, 9.17) is 0 Å². The number of rotatable bonds is 6. The summed E-state index contributed by atoms with van der Waals surface area (Å²) in [6.07, 6.45) is 10.8. The van der Waals surface area contributed by atoms with Crippen LogP contribution < -0.4 is 0 Å². The number of benzene rings is 4. The number of allylic oxidation sites excluding steroid dienone is 2. The maximum absolute atomic E-state index is 2.21. The van der Waals surface area contributed by atoms with Crippen LogP contribution in [0.15, 0.2) is 127 Å². The first-order chi connectivity index (χ1) is 14.9. The molecule has 0 nitrogen and oxygen atoms in total. The fourth-order valence-corrected chi connectivity index (χ4v) is 3.42. The second-order valence-electron chi connectivity index (χ2n) is 7.05. The van der Waals surface area contributed by atoms with Crippen molar-refractivity contribution in [3.8, 4) is 0 Å². The van der Waals surface area contributed by atoms with Crippen molar-refractivity contribution < 1.29 is 0 Å². The Balaban J connectivity index is 1.74. The van der Waals surface area contributed by atoms with Gasteiger partial charge >= 0.3 is 0 Å². The van der Waals surface area contributed by atoms with Gasteiger partial charge in [-0.3, -0.25) is 0 Å². The third kappa shape index (κ3) is 5.12. The fourth-order valence-electron chi connectivity index (χ4n) is 3.42. The zero-order chi connectivity index (χ0) is 20.4. The van der Waals surface area contributed by atoms with Crippen LogP contribution in [0.5, 0.6) is 0 Å². The van der Waals surface area contributed by atoms with Gasteiger partial charge in [0.15, 0.2) is 0 Å². The smallest absolute Gasteiger partial charge is 0.0105 e. The molecule has 0 saturated carbocycles. The SMILES string of the molecule is C(=Cc1ccccc1)C=C(c1ccccc1)c1ccccc1C=Cc1ccccc1. The van der Waals surface area contributed by atoms with Gasteiger partial charge in [0.1, 0.15) is 0 Å². The lowest BCUT2D eigenvalue weighted by Gasteiger charge is -2.11. The van der Waals surface area contributed by atoms with Crippen LogP contribution in [0.3, 0.4) is 0 Å². The van der Waals surface area contributed by atoms with Crippen molar-refractivity contribution in [1.29, 1.82) is 0 Å². The molecule has 0 atom stereocenters. The van der Waals surface area contributed by atoms with Crippen LogP contribution in [0, 0.1) is 0 Å². The lowest BCUT2D eigenvalue weighted by atomic mass is 9.93. The van der Waals surface area contributed by atoms with Crippen molar-refractivity contribution in [1.82, 2.24) is 0 Å². The molecule has 144 valence electrons. The van der Waals surface area contributed by atoms with Crippen LogP contribution in [-0.2, 0) is 0 Å². The minimum atomic E-state index is 1.19. The summed E-state index contributed by atoms with van der Waals surface area (Å²) in [5.74, 6) is 0. The topological polar surface area (TPSA) is 0 Å². The third-order valence-electron chi connectivity index (χ3n) is 4.94. The Kier molecular flexibility index (Phi) is 6.50. The molecule has 0 fully saturated rings. The van der Waals surface area contributed by atoms with Crippen LogP contribution in [0.4, 0.5) is 0 Å². The Morgan fingerprint density at radius 3 is 1.67 bits per heavy atom. The molecule has 0 amide bonds. The average Bonchev–Trinajstić information content (AvgIpc) is 2.83. The van der Waals surface area contributed by atoms with Crippen molar-refractivity contribution in [3.63, 3.8) is 0 Å². The highest BCUT2D eigenvalue weighted by molar-refractivity contribution is 5.87. The second-order valence-corrected chi connectivity index (χ2v) is 7.05. The van der Waals surface area contributed by atoms with E-state index in [1.54, 1.807) is 0 Å². The third-order valence-corrected chi connectivity index (χ3v) is 4.94. The zero-order valence-electron chi connectivity index (χ0n) is 16.9. The number of hydrogen-bond donors (Lipinski definition) is 0. The van der Waals surface area contributed by atoms with Gasteiger partial charge in [-0.25, -0.2) is 0 Å². The van der Waals surface area contributed by atoms with Gasteiger partial charge in [0, 0.05) is 0 Å². The van der Waals surface area contributed by atoms with Gasteiger partial charge < -0.3 is 0 Å². The predicted molar refractivity (Wildman–Crippen MR) is 131 cm³/mol. The molecule has 4 aromatic carbocycles. The molecule has 0 radical (unpaired) electrons. The molecule has 0 spiro atoms. The van der Waals surface area contributed by atoms with Gasteiger partial charge in [0.05, 0.1) is 0 Å².